The van der Waals surface area contributed by atoms with Crippen molar-refractivity contribution in [2.75, 3.05) is 0 Å². The third-order valence-electron chi connectivity index (χ3n) is 2.23. The lowest BCUT2D eigenvalue weighted by molar-refractivity contribution is -0.143. The Bertz CT molecular complexity index is 393. The van der Waals surface area contributed by atoms with Crippen molar-refractivity contribution in [1.29, 1.82) is 0 Å². The van der Waals surface area contributed by atoms with Gasteiger partial charge in [0.05, 0.1) is 5.41 Å². The van der Waals surface area contributed by atoms with Gasteiger partial charge >= 0.3 is 5.97 Å². The Labute approximate surface area is 105 Å². The first kappa shape index (κ1) is 13.2. The van der Waals surface area contributed by atoms with Gasteiger partial charge in [0.1, 0.15) is 5.75 Å². The average molecular weight is 285 g/mol. The van der Waals surface area contributed by atoms with E-state index in [9.17, 15) is 4.79 Å². The first-order valence-electron chi connectivity index (χ1n) is 5.21. The van der Waals surface area contributed by atoms with Gasteiger partial charge in [-0.25, -0.2) is 0 Å². The topological polar surface area (TPSA) is 26.3 Å². The van der Waals surface area contributed by atoms with Crippen molar-refractivity contribution in [3.63, 3.8) is 0 Å². The normalized spacial score (nSPS) is 11.4. The Morgan fingerprint density at radius 1 is 1.19 bits per heavy atom. The van der Waals surface area contributed by atoms with Crippen LogP contribution in [0.3, 0.4) is 0 Å². The van der Waals surface area contributed by atoms with Crippen molar-refractivity contribution in [3.05, 3.63) is 27.7 Å². The molecule has 1 aromatic rings. The van der Waals surface area contributed by atoms with Crippen LogP contribution in [-0.2, 0) is 4.79 Å². The number of aryl methyl sites for hydroxylation is 2. The van der Waals surface area contributed by atoms with Crippen LogP contribution < -0.4 is 4.74 Å². The van der Waals surface area contributed by atoms with E-state index in [4.69, 9.17) is 4.74 Å². The predicted octanol–water partition coefficient (Wildman–Crippen LogP) is 4.02. The molecule has 0 aliphatic carbocycles. The zero-order valence-corrected chi connectivity index (χ0v) is 11.9. The summed E-state index contributed by atoms with van der Waals surface area (Å²) in [5.41, 5.74) is 1.44. The van der Waals surface area contributed by atoms with Crippen LogP contribution in [0, 0.1) is 19.3 Å². The second kappa shape index (κ2) is 4.58. The summed E-state index contributed by atoms with van der Waals surface area (Å²) >= 11 is 3.41. The van der Waals surface area contributed by atoms with E-state index >= 15 is 0 Å². The van der Waals surface area contributed by atoms with Gasteiger partial charge in [-0.1, -0.05) is 15.9 Å². The SMILES string of the molecule is Cc1cc(Br)cc(C)c1OC(=O)C(C)(C)C. The Balaban J connectivity index is 3.03. The molecule has 0 aliphatic rings. The summed E-state index contributed by atoms with van der Waals surface area (Å²) in [6.07, 6.45) is 0. The molecule has 0 saturated heterocycles. The molecule has 0 aromatic heterocycles. The highest BCUT2D eigenvalue weighted by Crippen LogP contribution is 2.29. The molecule has 0 atom stereocenters. The predicted molar refractivity (Wildman–Crippen MR) is 68.7 cm³/mol. The van der Waals surface area contributed by atoms with E-state index in [0.29, 0.717) is 5.75 Å². The molecule has 2 nitrogen and oxygen atoms in total. The second-order valence-electron chi connectivity index (χ2n) is 5.01. The summed E-state index contributed by atoms with van der Waals surface area (Å²) in [5, 5.41) is 0. The summed E-state index contributed by atoms with van der Waals surface area (Å²) in [7, 11) is 0. The number of carbonyl (C=O) groups excluding carboxylic acids is 1. The third-order valence-corrected chi connectivity index (χ3v) is 2.69. The van der Waals surface area contributed by atoms with Crippen LogP contribution in [0.1, 0.15) is 31.9 Å². The minimum Gasteiger partial charge on any atom is -0.426 e. The fourth-order valence-electron chi connectivity index (χ4n) is 1.30. The fraction of sp³-hybridized carbons (Fsp3) is 0.462. The summed E-state index contributed by atoms with van der Waals surface area (Å²) < 4.78 is 6.43. The lowest BCUT2D eigenvalue weighted by Crippen LogP contribution is -2.26. The van der Waals surface area contributed by atoms with Crippen molar-refractivity contribution >= 4 is 21.9 Å². The largest absolute Gasteiger partial charge is 0.426 e. The van der Waals surface area contributed by atoms with E-state index in [-0.39, 0.29) is 5.97 Å². The third kappa shape index (κ3) is 3.08. The van der Waals surface area contributed by atoms with Gasteiger partial charge in [0.15, 0.2) is 0 Å². The van der Waals surface area contributed by atoms with Gasteiger partial charge in [-0.15, -0.1) is 0 Å². The van der Waals surface area contributed by atoms with Gasteiger partial charge in [-0.2, -0.15) is 0 Å². The lowest BCUT2D eigenvalue weighted by Gasteiger charge is -2.18. The molecule has 16 heavy (non-hydrogen) atoms. The molecule has 1 rings (SSSR count). The van der Waals surface area contributed by atoms with Crippen LogP contribution in [0.25, 0.3) is 0 Å². The zero-order valence-electron chi connectivity index (χ0n) is 10.3. The van der Waals surface area contributed by atoms with Gasteiger partial charge in [-0.05, 0) is 57.9 Å². The summed E-state index contributed by atoms with van der Waals surface area (Å²) in [6.45, 7) is 9.41. The maximum atomic E-state index is 11.8. The number of carbonyl (C=O) groups is 1. The van der Waals surface area contributed by atoms with Crippen molar-refractivity contribution in [1.82, 2.24) is 0 Å². The number of rotatable bonds is 1. The van der Waals surface area contributed by atoms with Gasteiger partial charge < -0.3 is 4.74 Å². The standard InChI is InChI=1S/C13H17BrO2/c1-8-6-10(14)7-9(2)11(8)16-12(15)13(3,4)5/h6-7H,1-5H3. The Morgan fingerprint density at radius 3 is 2.00 bits per heavy atom. The monoisotopic (exact) mass is 284 g/mol. The smallest absolute Gasteiger partial charge is 0.316 e. The molecule has 0 saturated carbocycles. The maximum Gasteiger partial charge on any atom is 0.316 e. The summed E-state index contributed by atoms with van der Waals surface area (Å²) in [4.78, 5) is 11.8. The highest BCUT2D eigenvalue weighted by atomic mass is 79.9. The molecule has 0 unspecified atom stereocenters. The molecule has 0 radical (unpaired) electrons. The van der Waals surface area contributed by atoms with Crippen LogP contribution in [0.15, 0.2) is 16.6 Å². The Kier molecular flexibility index (Phi) is 3.79. The molecular formula is C13H17BrO2. The van der Waals surface area contributed by atoms with Crippen LogP contribution >= 0.6 is 15.9 Å². The number of ether oxygens (including phenoxy) is 1. The highest BCUT2D eigenvalue weighted by Gasteiger charge is 2.24. The quantitative estimate of drug-likeness (QED) is 0.575. The molecule has 0 heterocycles. The molecular weight excluding hydrogens is 268 g/mol. The number of benzene rings is 1. The molecule has 88 valence electrons. The number of esters is 1. The maximum absolute atomic E-state index is 11.8. The van der Waals surface area contributed by atoms with Crippen LogP contribution in [0.5, 0.6) is 5.75 Å². The molecule has 0 spiro atoms. The minimum absolute atomic E-state index is 0.207. The molecule has 0 amide bonds. The van der Waals surface area contributed by atoms with Gasteiger partial charge in [0.2, 0.25) is 0 Å². The Morgan fingerprint density at radius 2 is 1.62 bits per heavy atom. The van der Waals surface area contributed by atoms with E-state index in [2.05, 4.69) is 15.9 Å². The molecule has 0 bridgehead atoms. The number of halogens is 1. The summed E-state index contributed by atoms with van der Waals surface area (Å²) in [6, 6.07) is 3.89. The first-order chi connectivity index (χ1) is 7.21. The molecule has 3 heteroatoms. The zero-order chi connectivity index (χ0) is 12.5. The highest BCUT2D eigenvalue weighted by molar-refractivity contribution is 9.10. The van der Waals surface area contributed by atoms with Crippen LogP contribution in [0.2, 0.25) is 0 Å². The van der Waals surface area contributed by atoms with Crippen LogP contribution in [-0.4, -0.2) is 5.97 Å². The van der Waals surface area contributed by atoms with E-state index in [0.717, 1.165) is 15.6 Å². The van der Waals surface area contributed by atoms with Crippen molar-refractivity contribution in [2.45, 2.75) is 34.6 Å². The minimum atomic E-state index is -0.480. The second-order valence-corrected chi connectivity index (χ2v) is 5.92. The van der Waals surface area contributed by atoms with E-state index < -0.39 is 5.41 Å². The Hall–Kier alpha value is -0.830. The summed E-state index contributed by atoms with van der Waals surface area (Å²) in [5.74, 6) is 0.462. The van der Waals surface area contributed by atoms with Gasteiger partial charge in [0, 0.05) is 4.47 Å². The fourth-order valence-corrected chi connectivity index (χ4v) is 1.99. The van der Waals surface area contributed by atoms with E-state index in [1.165, 1.54) is 0 Å². The number of hydrogen-bond donors (Lipinski definition) is 0. The number of hydrogen-bond acceptors (Lipinski definition) is 2. The lowest BCUT2D eigenvalue weighted by atomic mass is 9.97. The molecule has 1 aromatic carbocycles. The van der Waals surface area contributed by atoms with Crippen LogP contribution in [0.4, 0.5) is 0 Å². The van der Waals surface area contributed by atoms with Crippen molar-refractivity contribution < 1.29 is 9.53 Å². The molecule has 0 N–H and O–H groups in total. The van der Waals surface area contributed by atoms with Gasteiger partial charge in [-0.3, -0.25) is 4.79 Å². The van der Waals surface area contributed by atoms with Crippen molar-refractivity contribution in [2.24, 2.45) is 5.41 Å². The molecule has 0 aliphatic heterocycles. The molecule has 0 fully saturated rings. The average Bonchev–Trinajstić information content (AvgIpc) is 2.08. The van der Waals surface area contributed by atoms with E-state index in [1.54, 1.807) is 0 Å². The first-order valence-corrected chi connectivity index (χ1v) is 6.00. The van der Waals surface area contributed by atoms with E-state index in [1.807, 2.05) is 46.8 Å². The van der Waals surface area contributed by atoms with Crippen molar-refractivity contribution in [3.8, 4) is 5.75 Å². The van der Waals surface area contributed by atoms with Gasteiger partial charge in [0.25, 0.3) is 0 Å².